The number of aldehydes is 1. The third kappa shape index (κ3) is 2.59. The number of carbonyl (C=O) groups excluding carboxylic acids is 1. The van der Waals surface area contributed by atoms with Gasteiger partial charge in [0.05, 0.1) is 5.52 Å². The van der Waals surface area contributed by atoms with Crippen LogP contribution in [-0.4, -0.2) is 25.0 Å². The summed E-state index contributed by atoms with van der Waals surface area (Å²) in [4.78, 5) is 15.6. The first-order valence-electron chi connectivity index (χ1n) is 7.15. The van der Waals surface area contributed by atoms with Crippen molar-refractivity contribution in [3.8, 4) is 0 Å². The Bertz CT molecular complexity index is 623. The van der Waals surface area contributed by atoms with Crippen LogP contribution in [0, 0.1) is 5.92 Å². The maximum Gasteiger partial charge on any atom is 0.150 e. The minimum Gasteiger partial charge on any atom is -0.384 e. The maximum atomic E-state index is 10.8. The van der Waals surface area contributed by atoms with Crippen LogP contribution in [0.4, 0.5) is 0 Å². The van der Waals surface area contributed by atoms with Crippen molar-refractivity contribution in [1.82, 2.24) is 4.98 Å². The molecular formula is C17H19NO2. The molecule has 1 aliphatic rings. The third-order valence-corrected chi connectivity index (χ3v) is 4.23. The Kier molecular flexibility index (Phi) is 3.79. The van der Waals surface area contributed by atoms with Crippen molar-refractivity contribution in [1.29, 1.82) is 0 Å². The number of aromatic nitrogens is 1. The zero-order valence-corrected chi connectivity index (χ0v) is 11.7. The van der Waals surface area contributed by atoms with Crippen LogP contribution in [0.3, 0.4) is 0 Å². The predicted octanol–water partition coefficient (Wildman–Crippen LogP) is 3.58. The van der Waals surface area contributed by atoms with Gasteiger partial charge in [0.2, 0.25) is 0 Å². The van der Waals surface area contributed by atoms with Crippen LogP contribution in [0.15, 0.2) is 30.3 Å². The molecule has 0 saturated heterocycles. The number of nitrogens with zero attached hydrogens (tertiary/aromatic N) is 1. The molecule has 1 fully saturated rings. The van der Waals surface area contributed by atoms with E-state index in [1.807, 2.05) is 18.2 Å². The third-order valence-electron chi connectivity index (χ3n) is 4.23. The molecule has 20 heavy (non-hydrogen) atoms. The van der Waals surface area contributed by atoms with Crippen molar-refractivity contribution in [3.63, 3.8) is 0 Å². The van der Waals surface area contributed by atoms with Crippen LogP contribution < -0.4 is 0 Å². The summed E-state index contributed by atoms with van der Waals surface area (Å²) in [5, 5.41) is 1.03. The molecule has 104 valence electrons. The van der Waals surface area contributed by atoms with Crippen molar-refractivity contribution >= 4 is 17.2 Å². The molecule has 0 spiro atoms. The van der Waals surface area contributed by atoms with E-state index in [0.29, 0.717) is 17.4 Å². The molecule has 0 N–H and O–H groups in total. The van der Waals surface area contributed by atoms with Gasteiger partial charge in [0.15, 0.2) is 0 Å². The number of fused-ring (bicyclic) bond motifs is 1. The van der Waals surface area contributed by atoms with E-state index in [1.54, 1.807) is 7.11 Å². The fourth-order valence-corrected chi connectivity index (χ4v) is 3.19. The SMILES string of the molecule is COC[C@@H]1CC[C@H](c2ccc3cc(C=O)ccc3n2)C1. The summed E-state index contributed by atoms with van der Waals surface area (Å²) < 4.78 is 5.25. The smallest absolute Gasteiger partial charge is 0.150 e. The van der Waals surface area contributed by atoms with Crippen molar-refractivity contribution in [2.75, 3.05) is 13.7 Å². The highest BCUT2D eigenvalue weighted by atomic mass is 16.5. The highest BCUT2D eigenvalue weighted by Crippen LogP contribution is 2.37. The van der Waals surface area contributed by atoms with Gasteiger partial charge in [0.1, 0.15) is 6.29 Å². The molecule has 0 aliphatic heterocycles. The number of hydrogen-bond acceptors (Lipinski definition) is 3. The second-order valence-corrected chi connectivity index (χ2v) is 5.64. The molecule has 1 aromatic carbocycles. The lowest BCUT2D eigenvalue weighted by Crippen LogP contribution is -2.04. The van der Waals surface area contributed by atoms with Gasteiger partial charge in [0.25, 0.3) is 0 Å². The molecule has 1 aromatic heterocycles. The normalized spacial score (nSPS) is 22.2. The van der Waals surface area contributed by atoms with E-state index in [1.165, 1.54) is 25.0 Å². The maximum absolute atomic E-state index is 10.8. The highest BCUT2D eigenvalue weighted by Gasteiger charge is 2.26. The van der Waals surface area contributed by atoms with Gasteiger partial charge < -0.3 is 4.74 Å². The molecule has 0 unspecified atom stereocenters. The van der Waals surface area contributed by atoms with Gasteiger partial charge >= 0.3 is 0 Å². The molecule has 3 rings (SSSR count). The first kappa shape index (κ1) is 13.3. The van der Waals surface area contributed by atoms with E-state index >= 15 is 0 Å². The van der Waals surface area contributed by atoms with Crippen LogP contribution in [0.5, 0.6) is 0 Å². The van der Waals surface area contributed by atoms with Gasteiger partial charge in [-0.3, -0.25) is 9.78 Å². The zero-order valence-electron chi connectivity index (χ0n) is 11.7. The summed E-state index contributed by atoms with van der Waals surface area (Å²) in [7, 11) is 1.77. The summed E-state index contributed by atoms with van der Waals surface area (Å²) >= 11 is 0. The van der Waals surface area contributed by atoms with Crippen LogP contribution in [-0.2, 0) is 4.74 Å². The van der Waals surface area contributed by atoms with Crippen LogP contribution >= 0.6 is 0 Å². The van der Waals surface area contributed by atoms with E-state index in [4.69, 9.17) is 9.72 Å². The highest BCUT2D eigenvalue weighted by molar-refractivity contribution is 5.86. The number of hydrogen-bond donors (Lipinski definition) is 0. The minimum atomic E-state index is 0.547. The number of pyridine rings is 1. The van der Waals surface area contributed by atoms with Crippen molar-refractivity contribution < 1.29 is 9.53 Å². The fourth-order valence-electron chi connectivity index (χ4n) is 3.19. The Balaban J connectivity index is 1.84. The van der Waals surface area contributed by atoms with Gasteiger partial charge in [-0.2, -0.15) is 0 Å². The molecular weight excluding hydrogens is 250 g/mol. The quantitative estimate of drug-likeness (QED) is 0.796. The van der Waals surface area contributed by atoms with E-state index in [0.717, 1.165) is 23.8 Å². The topological polar surface area (TPSA) is 39.2 Å². The Labute approximate surface area is 119 Å². The Morgan fingerprint density at radius 1 is 1.30 bits per heavy atom. The van der Waals surface area contributed by atoms with Crippen LogP contribution in [0.2, 0.25) is 0 Å². The summed E-state index contributed by atoms with van der Waals surface area (Å²) in [5.41, 5.74) is 2.85. The molecule has 1 heterocycles. The largest absolute Gasteiger partial charge is 0.384 e. The van der Waals surface area contributed by atoms with Gasteiger partial charge in [-0.15, -0.1) is 0 Å². The van der Waals surface area contributed by atoms with Crippen LogP contribution in [0.1, 0.15) is 41.2 Å². The van der Waals surface area contributed by atoms with E-state index in [2.05, 4.69) is 12.1 Å². The lowest BCUT2D eigenvalue weighted by atomic mass is 10.00. The number of methoxy groups -OCH3 is 1. The van der Waals surface area contributed by atoms with Crippen molar-refractivity contribution in [3.05, 3.63) is 41.6 Å². The molecule has 3 heteroatoms. The van der Waals surface area contributed by atoms with Gasteiger partial charge in [-0.05, 0) is 49.4 Å². The molecule has 0 bridgehead atoms. The lowest BCUT2D eigenvalue weighted by Gasteiger charge is -2.11. The second kappa shape index (κ2) is 5.71. The number of rotatable bonds is 4. The Morgan fingerprint density at radius 3 is 3.00 bits per heavy atom. The summed E-state index contributed by atoms with van der Waals surface area (Å²) in [6.45, 7) is 0.854. The summed E-state index contributed by atoms with van der Waals surface area (Å²) in [6, 6.07) is 9.84. The summed E-state index contributed by atoms with van der Waals surface area (Å²) in [6.07, 6.45) is 4.46. The first-order valence-corrected chi connectivity index (χ1v) is 7.15. The molecule has 1 aliphatic carbocycles. The molecule has 2 atom stereocenters. The average Bonchev–Trinajstić information content (AvgIpc) is 2.95. The molecule has 2 aromatic rings. The second-order valence-electron chi connectivity index (χ2n) is 5.64. The number of carbonyl (C=O) groups is 1. The summed E-state index contributed by atoms with van der Waals surface area (Å²) in [5.74, 6) is 1.21. The fraction of sp³-hybridized carbons (Fsp3) is 0.412. The monoisotopic (exact) mass is 269 g/mol. The van der Waals surface area contributed by atoms with E-state index < -0.39 is 0 Å². The van der Waals surface area contributed by atoms with Crippen molar-refractivity contribution in [2.24, 2.45) is 5.92 Å². The molecule has 1 saturated carbocycles. The Hall–Kier alpha value is -1.74. The lowest BCUT2D eigenvalue weighted by molar-refractivity contribution is 0.112. The molecule has 3 nitrogen and oxygen atoms in total. The molecule has 0 radical (unpaired) electrons. The van der Waals surface area contributed by atoms with E-state index in [9.17, 15) is 4.79 Å². The minimum absolute atomic E-state index is 0.547. The van der Waals surface area contributed by atoms with Gasteiger partial charge in [0, 0.05) is 36.3 Å². The van der Waals surface area contributed by atoms with Crippen molar-refractivity contribution in [2.45, 2.75) is 25.2 Å². The predicted molar refractivity (Wildman–Crippen MR) is 79.1 cm³/mol. The standard InChI is InChI=1S/C17H19NO2/c1-20-11-13-2-4-14(9-13)17-7-5-15-8-12(10-19)3-6-16(15)18-17/h3,5-8,10,13-14H,2,4,9,11H2,1H3/t13-,14+/m1/s1. The van der Waals surface area contributed by atoms with Crippen LogP contribution in [0.25, 0.3) is 10.9 Å². The molecule has 0 amide bonds. The first-order chi connectivity index (χ1) is 9.80. The average molecular weight is 269 g/mol. The zero-order chi connectivity index (χ0) is 13.9. The van der Waals surface area contributed by atoms with E-state index in [-0.39, 0.29) is 0 Å². The van der Waals surface area contributed by atoms with Gasteiger partial charge in [-0.1, -0.05) is 6.07 Å². The van der Waals surface area contributed by atoms with Gasteiger partial charge in [-0.25, -0.2) is 0 Å². The Morgan fingerprint density at radius 2 is 2.20 bits per heavy atom. The number of ether oxygens (including phenoxy) is 1. The number of benzene rings is 1.